The van der Waals surface area contributed by atoms with Crippen LogP contribution in [-0.4, -0.2) is 70.8 Å². The molecule has 2 amide bonds. The Labute approximate surface area is 196 Å². The molecule has 0 radical (unpaired) electrons. The summed E-state index contributed by atoms with van der Waals surface area (Å²) in [5.74, 6) is -1.54. The van der Waals surface area contributed by atoms with E-state index in [1.165, 1.54) is 0 Å². The van der Waals surface area contributed by atoms with Crippen LogP contribution in [0.3, 0.4) is 0 Å². The summed E-state index contributed by atoms with van der Waals surface area (Å²) in [7, 11) is -3.73. The number of cyclic esters (lactones) is 1. The van der Waals surface area contributed by atoms with Gasteiger partial charge in [0.05, 0.1) is 18.5 Å². The molecule has 1 N–H and O–H groups in total. The average molecular weight is 504 g/mol. The molecular formula is C21H27F2N3O7S. The van der Waals surface area contributed by atoms with Gasteiger partial charge in [0.2, 0.25) is 0 Å². The Morgan fingerprint density at radius 3 is 2.29 bits per heavy atom. The molecule has 3 aliphatic rings. The topological polar surface area (TPSA) is 114 Å². The van der Waals surface area contributed by atoms with Crippen molar-refractivity contribution >= 4 is 33.7 Å². The van der Waals surface area contributed by atoms with Gasteiger partial charge in [-0.25, -0.2) is 18.4 Å². The molecule has 13 heteroatoms. The second kappa shape index (κ2) is 8.52. The number of carbonyl (C=O) groups is 2. The van der Waals surface area contributed by atoms with Gasteiger partial charge >= 0.3 is 12.2 Å². The van der Waals surface area contributed by atoms with Gasteiger partial charge in [-0.3, -0.25) is 9.08 Å². The Kier molecular flexibility index (Phi) is 6.13. The minimum Gasteiger partial charge on any atom is -0.444 e. The number of hydrogen-bond donors (Lipinski definition) is 1. The Morgan fingerprint density at radius 1 is 1.18 bits per heavy atom. The second-order valence-electron chi connectivity index (χ2n) is 9.77. The molecule has 0 spiro atoms. The third kappa shape index (κ3) is 5.35. The highest BCUT2D eigenvalue weighted by molar-refractivity contribution is 7.85. The summed E-state index contributed by atoms with van der Waals surface area (Å²) in [5, 5.41) is 2.81. The molecule has 1 aromatic rings. The van der Waals surface area contributed by atoms with Gasteiger partial charge in [-0.05, 0) is 20.8 Å². The first-order valence-corrected chi connectivity index (χ1v) is 12.6. The van der Waals surface area contributed by atoms with Crippen LogP contribution >= 0.6 is 0 Å². The smallest absolute Gasteiger partial charge is 0.414 e. The summed E-state index contributed by atoms with van der Waals surface area (Å²) in [6.45, 7) is 5.54. The van der Waals surface area contributed by atoms with Gasteiger partial charge in [0, 0.05) is 43.1 Å². The monoisotopic (exact) mass is 503 g/mol. The molecule has 1 saturated carbocycles. The van der Waals surface area contributed by atoms with Crippen molar-refractivity contribution in [3.8, 4) is 0 Å². The fraction of sp³-hybridized carbons (Fsp3) is 0.619. The highest BCUT2D eigenvalue weighted by Gasteiger charge is 2.57. The number of fused-ring (bicyclic) bond motifs is 1. The maximum atomic E-state index is 14.9. The Bertz CT molecular complexity index is 1070. The third-order valence-corrected chi connectivity index (χ3v) is 6.41. The molecule has 34 heavy (non-hydrogen) atoms. The van der Waals surface area contributed by atoms with E-state index in [0.29, 0.717) is 13.1 Å². The molecule has 1 aromatic carbocycles. The fourth-order valence-electron chi connectivity index (χ4n) is 4.40. The van der Waals surface area contributed by atoms with Crippen LogP contribution in [0.2, 0.25) is 0 Å². The quantitative estimate of drug-likeness (QED) is 0.588. The standard InChI is InChI=1S/C21H27F2N3O7S/c1-21(2,3)33-19(27)24-17-13-8-25(9-14(13)17)18-15(22)5-11(6-16(18)23)26-7-12(32-20(26)28)10-31-34(4,29)30/h5-6,12-14,17H,7-10H2,1-4H3,(H,24,27)/t12-,13-,14+,17?/m1/s1. The van der Waals surface area contributed by atoms with E-state index in [1.807, 2.05) is 0 Å². The molecule has 2 heterocycles. The number of piperidine rings is 1. The van der Waals surface area contributed by atoms with E-state index in [-0.39, 0.29) is 42.4 Å². The van der Waals surface area contributed by atoms with Crippen molar-refractivity contribution in [3.05, 3.63) is 23.8 Å². The average Bonchev–Trinajstić information content (AvgIpc) is 3.02. The molecule has 2 aliphatic heterocycles. The molecule has 1 unspecified atom stereocenters. The van der Waals surface area contributed by atoms with Crippen molar-refractivity contribution in [2.45, 2.75) is 38.5 Å². The van der Waals surface area contributed by atoms with Crippen LogP contribution in [0.4, 0.5) is 29.7 Å². The zero-order valence-electron chi connectivity index (χ0n) is 19.2. The number of hydrogen-bond acceptors (Lipinski definition) is 8. The summed E-state index contributed by atoms with van der Waals surface area (Å²) in [6, 6.07) is 1.99. The fourth-order valence-corrected chi connectivity index (χ4v) is 4.79. The molecule has 0 aromatic heterocycles. The summed E-state index contributed by atoms with van der Waals surface area (Å²) >= 11 is 0. The number of anilines is 2. The molecule has 1 aliphatic carbocycles. The lowest BCUT2D eigenvalue weighted by molar-refractivity contribution is 0.0518. The number of benzene rings is 1. The first-order valence-electron chi connectivity index (χ1n) is 10.8. The summed E-state index contributed by atoms with van der Waals surface area (Å²) in [4.78, 5) is 26.7. The van der Waals surface area contributed by atoms with Crippen LogP contribution < -0.4 is 15.1 Å². The first-order chi connectivity index (χ1) is 15.7. The normalized spacial score (nSPS) is 26.4. The number of halogens is 2. The van der Waals surface area contributed by atoms with E-state index in [1.54, 1.807) is 25.7 Å². The molecule has 4 rings (SSSR count). The van der Waals surface area contributed by atoms with Crippen molar-refractivity contribution < 1.29 is 40.4 Å². The van der Waals surface area contributed by atoms with E-state index in [9.17, 15) is 26.8 Å². The van der Waals surface area contributed by atoms with Crippen LogP contribution in [0.15, 0.2) is 12.1 Å². The van der Waals surface area contributed by atoms with Crippen molar-refractivity contribution in [1.29, 1.82) is 0 Å². The Morgan fingerprint density at radius 2 is 1.76 bits per heavy atom. The van der Waals surface area contributed by atoms with Gasteiger partial charge in [0.15, 0.2) is 11.6 Å². The summed E-state index contributed by atoms with van der Waals surface area (Å²) in [5.41, 5.74) is -0.854. The van der Waals surface area contributed by atoms with Crippen molar-refractivity contribution in [2.24, 2.45) is 11.8 Å². The number of ether oxygens (including phenoxy) is 2. The van der Waals surface area contributed by atoms with Gasteiger partial charge in [-0.2, -0.15) is 8.42 Å². The minimum atomic E-state index is -3.73. The van der Waals surface area contributed by atoms with E-state index >= 15 is 0 Å². The van der Waals surface area contributed by atoms with Crippen molar-refractivity contribution in [1.82, 2.24) is 5.32 Å². The number of nitrogens with one attached hydrogen (secondary N) is 1. The number of alkyl carbamates (subject to hydrolysis) is 1. The van der Waals surface area contributed by atoms with Gasteiger partial charge in [-0.15, -0.1) is 0 Å². The maximum Gasteiger partial charge on any atom is 0.414 e. The molecule has 10 nitrogen and oxygen atoms in total. The molecule has 3 fully saturated rings. The molecule has 4 atom stereocenters. The molecule has 188 valence electrons. The van der Waals surface area contributed by atoms with Gasteiger partial charge in [0.25, 0.3) is 10.1 Å². The number of amides is 2. The first kappa shape index (κ1) is 24.5. The van der Waals surface area contributed by atoms with Crippen molar-refractivity contribution in [3.63, 3.8) is 0 Å². The van der Waals surface area contributed by atoms with Crippen LogP contribution in [0.1, 0.15) is 20.8 Å². The number of carbonyl (C=O) groups excluding carboxylic acids is 2. The van der Waals surface area contributed by atoms with Gasteiger partial charge in [-0.1, -0.05) is 0 Å². The van der Waals surface area contributed by atoms with E-state index in [0.717, 1.165) is 23.3 Å². The zero-order valence-corrected chi connectivity index (χ0v) is 20.0. The SMILES string of the molecule is CC(C)(C)OC(=O)NC1[C@H]2CN(c3c(F)cc(N4C[C@H](COS(C)(=O)=O)OC4=O)cc3F)C[C@@H]12. The lowest BCUT2D eigenvalue weighted by atomic mass is 10.2. The highest BCUT2D eigenvalue weighted by Crippen LogP contribution is 2.48. The van der Waals surface area contributed by atoms with Crippen LogP contribution in [-0.2, 0) is 23.8 Å². The summed E-state index contributed by atoms with van der Waals surface area (Å²) in [6.07, 6.45) is -1.40. The largest absolute Gasteiger partial charge is 0.444 e. The maximum absolute atomic E-state index is 14.9. The highest BCUT2D eigenvalue weighted by atomic mass is 32.2. The zero-order chi connectivity index (χ0) is 25.0. The van der Waals surface area contributed by atoms with E-state index < -0.39 is 45.6 Å². The molecule has 0 bridgehead atoms. The number of rotatable bonds is 6. The molecular weight excluding hydrogens is 476 g/mol. The predicted octanol–water partition coefficient (Wildman–Crippen LogP) is 2.23. The predicted molar refractivity (Wildman–Crippen MR) is 117 cm³/mol. The third-order valence-electron chi connectivity index (χ3n) is 5.85. The lowest BCUT2D eigenvalue weighted by Gasteiger charge is -2.25. The molecule has 2 saturated heterocycles. The second-order valence-corrected chi connectivity index (χ2v) is 11.4. The van der Waals surface area contributed by atoms with E-state index in [4.69, 9.17) is 9.47 Å². The van der Waals surface area contributed by atoms with Gasteiger partial charge < -0.3 is 19.7 Å². The lowest BCUT2D eigenvalue weighted by Crippen LogP contribution is -2.38. The number of nitrogens with zero attached hydrogens (tertiary/aromatic N) is 2. The Balaban J connectivity index is 1.37. The van der Waals surface area contributed by atoms with E-state index in [2.05, 4.69) is 9.50 Å². The van der Waals surface area contributed by atoms with Crippen molar-refractivity contribution in [2.75, 3.05) is 42.3 Å². The Hall–Kier alpha value is -2.67. The minimum absolute atomic E-state index is 0.0422. The van der Waals surface area contributed by atoms with Crippen LogP contribution in [0.5, 0.6) is 0 Å². The van der Waals surface area contributed by atoms with Crippen LogP contribution in [0.25, 0.3) is 0 Å². The van der Waals surface area contributed by atoms with Crippen LogP contribution in [0, 0.1) is 23.5 Å². The van der Waals surface area contributed by atoms with Gasteiger partial charge in [0.1, 0.15) is 24.0 Å². The summed E-state index contributed by atoms with van der Waals surface area (Å²) < 4.78 is 67.0.